The minimum atomic E-state index is -0.881. The van der Waals surface area contributed by atoms with Crippen LogP contribution in [0.3, 0.4) is 0 Å². The van der Waals surface area contributed by atoms with Gasteiger partial charge in [0.1, 0.15) is 5.52 Å². The van der Waals surface area contributed by atoms with Gasteiger partial charge in [-0.2, -0.15) is 0 Å². The van der Waals surface area contributed by atoms with E-state index in [9.17, 15) is 0 Å². The van der Waals surface area contributed by atoms with Crippen LogP contribution in [0.15, 0.2) is 48.7 Å². The van der Waals surface area contributed by atoms with Crippen LogP contribution >= 0.6 is 0 Å². The van der Waals surface area contributed by atoms with E-state index < -0.39 is 11.6 Å². The average molecular weight is 394 g/mol. The molecule has 0 spiro atoms. The number of aromatic nitrogens is 3. The standard InChI is InChI=1S/C21H16F2N4O2/c1-28-14-9-15(29-2)18(23)16(17(14)22)13-8-12-10-25-21(24)27-20(12)19(26-13)11-6-4-3-5-7-11/h3-10H,1-2H3,(H2,24,25,27). The highest BCUT2D eigenvalue weighted by atomic mass is 19.1. The highest BCUT2D eigenvalue weighted by Gasteiger charge is 2.24. The summed E-state index contributed by atoms with van der Waals surface area (Å²) in [5.74, 6) is -2.00. The van der Waals surface area contributed by atoms with Crippen molar-refractivity contribution < 1.29 is 18.3 Å². The lowest BCUT2D eigenvalue weighted by Gasteiger charge is -2.14. The first-order valence-corrected chi connectivity index (χ1v) is 8.62. The maximum absolute atomic E-state index is 15.0. The maximum Gasteiger partial charge on any atom is 0.220 e. The molecule has 2 aromatic carbocycles. The van der Waals surface area contributed by atoms with Gasteiger partial charge in [0.25, 0.3) is 0 Å². The molecule has 0 radical (unpaired) electrons. The number of nitrogens with zero attached hydrogens (tertiary/aromatic N) is 3. The summed E-state index contributed by atoms with van der Waals surface area (Å²) in [5, 5.41) is 0.531. The molecule has 0 aliphatic carbocycles. The predicted octanol–water partition coefficient (Wildman–Crippen LogP) is 4.24. The molecular weight excluding hydrogens is 378 g/mol. The van der Waals surface area contributed by atoms with Crippen molar-refractivity contribution in [3.8, 4) is 34.0 Å². The lowest BCUT2D eigenvalue weighted by atomic mass is 10.0. The Labute approximate surface area is 165 Å². The molecule has 0 atom stereocenters. The second-order valence-corrected chi connectivity index (χ2v) is 6.17. The number of hydrogen-bond donors (Lipinski definition) is 1. The van der Waals surface area contributed by atoms with Crippen molar-refractivity contribution in [3.63, 3.8) is 0 Å². The van der Waals surface area contributed by atoms with Crippen LogP contribution in [-0.4, -0.2) is 29.2 Å². The van der Waals surface area contributed by atoms with Crippen molar-refractivity contribution >= 4 is 16.9 Å². The molecule has 0 aliphatic rings. The van der Waals surface area contributed by atoms with Crippen LogP contribution in [0.4, 0.5) is 14.7 Å². The first-order chi connectivity index (χ1) is 14.0. The molecule has 2 heterocycles. The molecule has 0 unspecified atom stereocenters. The van der Waals surface area contributed by atoms with Gasteiger partial charge >= 0.3 is 0 Å². The molecule has 0 amide bonds. The van der Waals surface area contributed by atoms with Crippen LogP contribution in [0.2, 0.25) is 0 Å². The molecule has 29 heavy (non-hydrogen) atoms. The van der Waals surface area contributed by atoms with Gasteiger partial charge in [-0.15, -0.1) is 0 Å². The third kappa shape index (κ3) is 3.18. The van der Waals surface area contributed by atoms with Gasteiger partial charge < -0.3 is 15.2 Å². The second-order valence-electron chi connectivity index (χ2n) is 6.17. The Balaban J connectivity index is 2.08. The van der Waals surface area contributed by atoms with Crippen LogP contribution in [0.25, 0.3) is 33.4 Å². The summed E-state index contributed by atoms with van der Waals surface area (Å²) >= 11 is 0. The highest BCUT2D eigenvalue weighted by molar-refractivity contribution is 5.94. The number of ether oxygens (including phenoxy) is 2. The van der Waals surface area contributed by atoms with Gasteiger partial charge in [0, 0.05) is 23.2 Å². The summed E-state index contributed by atoms with van der Waals surface area (Å²) in [7, 11) is 2.58. The molecule has 6 nitrogen and oxygen atoms in total. The van der Waals surface area contributed by atoms with E-state index >= 15 is 8.78 Å². The first kappa shape index (κ1) is 18.5. The van der Waals surface area contributed by atoms with Crippen LogP contribution in [-0.2, 0) is 0 Å². The molecule has 0 bridgehead atoms. The minimum absolute atomic E-state index is 0.0527. The number of nitrogen functional groups attached to an aromatic ring is 1. The molecular formula is C21H16F2N4O2. The van der Waals surface area contributed by atoms with Gasteiger partial charge in [0.05, 0.1) is 31.2 Å². The number of hydrogen-bond acceptors (Lipinski definition) is 6. The van der Waals surface area contributed by atoms with Crippen molar-refractivity contribution in [1.29, 1.82) is 0 Å². The zero-order chi connectivity index (χ0) is 20.5. The van der Waals surface area contributed by atoms with Crippen LogP contribution in [0, 0.1) is 11.6 Å². The monoisotopic (exact) mass is 394 g/mol. The Kier molecular flexibility index (Phi) is 4.67. The summed E-state index contributed by atoms with van der Waals surface area (Å²) in [6, 6.07) is 11.8. The molecule has 0 fully saturated rings. The Morgan fingerprint density at radius 2 is 1.55 bits per heavy atom. The molecule has 4 aromatic rings. The van der Waals surface area contributed by atoms with Crippen LogP contribution in [0.1, 0.15) is 0 Å². The van der Waals surface area contributed by atoms with E-state index in [1.165, 1.54) is 26.5 Å². The normalized spacial score (nSPS) is 10.9. The number of methoxy groups -OCH3 is 2. The van der Waals surface area contributed by atoms with Gasteiger partial charge in [-0.05, 0) is 6.07 Å². The van der Waals surface area contributed by atoms with E-state index in [1.807, 2.05) is 30.3 Å². The van der Waals surface area contributed by atoms with Crippen molar-refractivity contribution in [2.45, 2.75) is 0 Å². The maximum atomic E-state index is 15.0. The van der Waals surface area contributed by atoms with Gasteiger partial charge in [0.2, 0.25) is 5.95 Å². The summed E-state index contributed by atoms with van der Waals surface area (Å²) in [5.41, 5.74) is 7.04. The SMILES string of the molecule is COc1cc(OC)c(F)c(-c2cc3cnc(N)nc3c(-c3ccccc3)n2)c1F. The number of rotatable bonds is 4. The molecule has 0 saturated carbocycles. The third-order valence-corrected chi connectivity index (χ3v) is 4.46. The van der Waals surface area contributed by atoms with Crippen LogP contribution in [0.5, 0.6) is 11.5 Å². The molecule has 2 N–H and O–H groups in total. The molecule has 8 heteroatoms. The minimum Gasteiger partial charge on any atom is -0.494 e. The summed E-state index contributed by atoms with van der Waals surface area (Å²) in [4.78, 5) is 12.8. The third-order valence-electron chi connectivity index (χ3n) is 4.46. The number of nitrogens with two attached hydrogens (primary N) is 1. The van der Waals surface area contributed by atoms with Crippen LogP contribution < -0.4 is 15.2 Å². The predicted molar refractivity (Wildman–Crippen MR) is 106 cm³/mol. The average Bonchev–Trinajstić information content (AvgIpc) is 2.74. The fourth-order valence-corrected chi connectivity index (χ4v) is 3.09. The first-order valence-electron chi connectivity index (χ1n) is 8.62. The lowest BCUT2D eigenvalue weighted by molar-refractivity contribution is 0.359. The molecule has 2 aromatic heterocycles. The largest absolute Gasteiger partial charge is 0.494 e. The molecule has 0 aliphatic heterocycles. The van der Waals surface area contributed by atoms with Crippen molar-refractivity contribution in [3.05, 3.63) is 60.3 Å². The quantitative estimate of drug-likeness (QED) is 0.558. The Morgan fingerprint density at radius 3 is 2.17 bits per heavy atom. The molecule has 0 saturated heterocycles. The Morgan fingerprint density at radius 1 is 0.897 bits per heavy atom. The summed E-state index contributed by atoms with van der Waals surface area (Å²) in [6.07, 6.45) is 1.49. The number of benzene rings is 2. The summed E-state index contributed by atoms with van der Waals surface area (Å²) < 4.78 is 40.1. The van der Waals surface area contributed by atoms with Crippen molar-refractivity contribution in [2.75, 3.05) is 20.0 Å². The molecule has 146 valence electrons. The second kappa shape index (κ2) is 7.31. The number of halogens is 2. The summed E-state index contributed by atoms with van der Waals surface area (Å²) in [6.45, 7) is 0. The number of pyridine rings is 1. The number of fused-ring (bicyclic) bond motifs is 1. The smallest absolute Gasteiger partial charge is 0.220 e. The van der Waals surface area contributed by atoms with E-state index in [-0.39, 0.29) is 28.7 Å². The van der Waals surface area contributed by atoms with Gasteiger partial charge in [0.15, 0.2) is 23.1 Å². The highest BCUT2D eigenvalue weighted by Crippen LogP contribution is 2.39. The van der Waals surface area contributed by atoms with Crippen molar-refractivity contribution in [1.82, 2.24) is 15.0 Å². The van der Waals surface area contributed by atoms with Crippen molar-refractivity contribution in [2.24, 2.45) is 0 Å². The van der Waals surface area contributed by atoms with E-state index in [0.29, 0.717) is 22.2 Å². The fraction of sp³-hybridized carbons (Fsp3) is 0.0952. The topological polar surface area (TPSA) is 83.2 Å². The van der Waals surface area contributed by atoms with E-state index in [1.54, 1.807) is 0 Å². The van der Waals surface area contributed by atoms with Gasteiger partial charge in [-0.3, -0.25) is 0 Å². The van der Waals surface area contributed by atoms with E-state index in [0.717, 1.165) is 6.07 Å². The molecule has 4 rings (SSSR count). The van der Waals surface area contributed by atoms with E-state index in [2.05, 4.69) is 15.0 Å². The van der Waals surface area contributed by atoms with Gasteiger partial charge in [-0.25, -0.2) is 23.7 Å². The zero-order valence-corrected chi connectivity index (χ0v) is 15.6. The van der Waals surface area contributed by atoms with Gasteiger partial charge in [-0.1, -0.05) is 30.3 Å². The zero-order valence-electron chi connectivity index (χ0n) is 15.6. The fourth-order valence-electron chi connectivity index (χ4n) is 3.09. The Bertz CT molecular complexity index is 1190. The number of anilines is 1. The Hall–Kier alpha value is -3.81. The van der Waals surface area contributed by atoms with E-state index in [4.69, 9.17) is 15.2 Å². The lowest BCUT2D eigenvalue weighted by Crippen LogP contribution is -2.02.